The van der Waals surface area contributed by atoms with E-state index in [2.05, 4.69) is 19.1 Å². The zero-order chi connectivity index (χ0) is 21.6. The molecule has 6 heteroatoms. The molecule has 0 bridgehead atoms. The number of fused-ring (bicyclic) bond motifs is 1. The second kappa shape index (κ2) is 10.1. The molecule has 1 saturated heterocycles. The Morgan fingerprint density at radius 3 is 2.71 bits per heavy atom. The van der Waals surface area contributed by atoms with Crippen LogP contribution in [0.4, 0.5) is 0 Å². The Morgan fingerprint density at radius 1 is 1.13 bits per heavy atom. The van der Waals surface area contributed by atoms with Crippen molar-refractivity contribution in [2.24, 2.45) is 5.92 Å². The van der Waals surface area contributed by atoms with Gasteiger partial charge in [-0.15, -0.1) is 0 Å². The van der Waals surface area contributed by atoms with Crippen LogP contribution in [0.2, 0.25) is 0 Å². The smallest absolute Gasteiger partial charge is 0.262 e. The summed E-state index contributed by atoms with van der Waals surface area (Å²) in [6.07, 6.45) is 3.99. The highest BCUT2D eigenvalue weighted by molar-refractivity contribution is 7.99. The lowest BCUT2D eigenvalue weighted by molar-refractivity contribution is -0.130. The van der Waals surface area contributed by atoms with Crippen LogP contribution in [0.1, 0.15) is 31.7 Å². The summed E-state index contributed by atoms with van der Waals surface area (Å²) >= 11 is 1.39. The standard InChI is InChI=1S/C25H29N3O2S/c1-19-9-7-15-27(17-19)23(29)18-31-25-26-22-14-6-5-13-21(22)24(30)28(25)16-8-12-20-10-3-2-4-11-20/h2-6,10-11,13-14,19H,7-9,12,15-18H2,1H3. The van der Waals surface area contributed by atoms with Gasteiger partial charge >= 0.3 is 0 Å². The first-order valence-electron chi connectivity index (χ1n) is 11.1. The van der Waals surface area contributed by atoms with Crippen LogP contribution < -0.4 is 5.56 Å². The van der Waals surface area contributed by atoms with E-state index in [-0.39, 0.29) is 11.5 Å². The fourth-order valence-corrected chi connectivity index (χ4v) is 5.10. The minimum absolute atomic E-state index is 0.0276. The third-order valence-electron chi connectivity index (χ3n) is 5.85. The van der Waals surface area contributed by atoms with Crippen LogP contribution in [0.3, 0.4) is 0 Å². The molecule has 3 aromatic rings. The normalized spacial score (nSPS) is 16.5. The fraction of sp³-hybridized carbons (Fsp3) is 0.400. The van der Waals surface area contributed by atoms with Gasteiger partial charge < -0.3 is 4.90 Å². The fourth-order valence-electron chi connectivity index (χ4n) is 4.17. The van der Waals surface area contributed by atoms with Crippen LogP contribution in [-0.4, -0.2) is 39.2 Å². The lowest BCUT2D eigenvalue weighted by Crippen LogP contribution is -2.40. The van der Waals surface area contributed by atoms with Gasteiger partial charge in [-0.3, -0.25) is 14.2 Å². The van der Waals surface area contributed by atoms with Gasteiger partial charge in [-0.05, 0) is 49.3 Å². The van der Waals surface area contributed by atoms with Crippen LogP contribution in [0, 0.1) is 5.92 Å². The second-order valence-electron chi connectivity index (χ2n) is 8.33. The van der Waals surface area contributed by atoms with Crippen LogP contribution in [0.5, 0.6) is 0 Å². The third kappa shape index (κ3) is 5.37. The highest BCUT2D eigenvalue weighted by Crippen LogP contribution is 2.21. The van der Waals surface area contributed by atoms with Gasteiger partial charge in [0.25, 0.3) is 5.56 Å². The molecule has 1 aromatic heterocycles. The number of aryl methyl sites for hydroxylation is 1. The highest BCUT2D eigenvalue weighted by atomic mass is 32.2. The Morgan fingerprint density at radius 2 is 1.90 bits per heavy atom. The summed E-state index contributed by atoms with van der Waals surface area (Å²) in [7, 11) is 0. The summed E-state index contributed by atoms with van der Waals surface area (Å²) < 4.78 is 1.75. The van der Waals surface area contributed by atoms with E-state index in [0.29, 0.717) is 34.3 Å². The number of hydrogen-bond acceptors (Lipinski definition) is 4. The largest absolute Gasteiger partial charge is 0.342 e. The number of benzene rings is 2. The maximum Gasteiger partial charge on any atom is 0.262 e. The average Bonchev–Trinajstić information content (AvgIpc) is 2.80. The molecule has 0 aliphatic carbocycles. The van der Waals surface area contributed by atoms with Crippen molar-refractivity contribution in [1.29, 1.82) is 0 Å². The lowest BCUT2D eigenvalue weighted by Gasteiger charge is -2.30. The Kier molecular flexibility index (Phi) is 7.07. The van der Waals surface area contributed by atoms with Crippen molar-refractivity contribution in [3.8, 4) is 0 Å². The predicted octanol–water partition coefficient (Wildman–Crippen LogP) is 4.38. The van der Waals surface area contributed by atoms with Crippen molar-refractivity contribution in [2.45, 2.75) is 44.3 Å². The first-order valence-corrected chi connectivity index (χ1v) is 12.0. The molecule has 1 aliphatic heterocycles. The van der Waals surface area contributed by atoms with E-state index >= 15 is 0 Å². The third-order valence-corrected chi connectivity index (χ3v) is 6.81. The predicted molar refractivity (Wildman–Crippen MR) is 126 cm³/mol. The molecule has 4 rings (SSSR count). The van der Waals surface area contributed by atoms with E-state index in [1.165, 1.54) is 23.7 Å². The van der Waals surface area contributed by atoms with Gasteiger partial charge in [0.15, 0.2) is 5.16 Å². The maximum absolute atomic E-state index is 13.2. The number of likely N-dealkylation sites (tertiary alicyclic amines) is 1. The number of carbonyl (C=O) groups excluding carboxylic acids is 1. The van der Waals surface area contributed by atoms with Crippen molar-refractivity contribution in [2.75, 3.05) is 18.8 Å². The number of thioether (sulfide) groups is 1. The quantitative estimate of drug-likeness (QED) is 0.408. The molecule has 5 nitrogen and oxygen atoms in total. The molecule has 0 spiro atoms. The minimum Gasteiger partial charge on any atom is -0.342 e. The van der Waals surface area contributed by atoms with Crippen molar-refractivity contribution in [1.82, 2.24) is 14.5 Å². The van der Waals surface area contributed by atoms with Gasteiger partial charge in [-0.2, -0.15) is 0 Å². The average molecular weight is 436 g/mol. The summed E-state index contributed by atoms with van der Waals surface area (Å²) in [4.78, 5) is 32.7. The zero-order valence-corrected chi connectivity index (χ0v) is 18.8. The van der Waals surface area contributed by atoms with Crippen molar-refractivity contribution < 1.29 is 4.79 Å². The Hall–Kier alpha value is -2.60. The number of piperidine rings is 1. The number of rotatable bonds is 7. The van der Waals surface area contributed by atoms with Gasteiger partial charge in [0.05, 0.1) is 16.7 Å². The maximum atomic E-state index is 13.2. The van der Waals surface area contributed by atoms with Crippen molar-refractivity contribution >= 4 is 28.6 Å². The number of aromatic nitrogens is 2. The molecule has 1 fully saturated rings. The molecule has 0 radical (unpaired) electrons. The molecule has 2 aromatic carbocycles. The number of nitrogens with zero attached hydrogens (tertiary/aromatic N) is 3. The van der Waals surface area contributed by atoms with Crippen LogP contribution >= 0.6 is 11.8 Å². The van der Waals surface area contributed by atoms with Gasteiger partial charge in [-0.1, -0.05) is 61.2 Å². The molecule has 0 N–H and O–H groups in total. The highest BCUT2D eigenvalue weighted by Gasteiger charge is 2.22. The van der Waals surface area contributed by atoms with Crippen molar-refractivity contribution in [3.05, 3.63) is 70.5 Å². The number of para-hydroxylation sites is 1. The lowest BCUT2D eigenvalue weighted by atomic mass is 10.0. The molecule has 162 valence electrons. The van der Waals surface area contributed by atoms with E-state index < -0.39 is 0 Å². The summed E-state index contributed by atoms with van der Waals surface area (Å²) in [5.74, 6) is 1.00. The Labute approximate surface area is 187 Å². The molecule has 1 unspecified atom stereocenters. The summed E-state index contributed by atoms with van der Waals surface area (Å²) in [6.45, 7) is 4.44. The topological polar surface area (TPSA) is 55.2 Å². The number of amides is 1. The molecule has 1 atom stereocenters. The molecular formula is C25H29N3O2S. The van der Waals surface area contributed by atoms with E-state index in [0.717, 1.165) is 32.4 Å². The van der Waals surface area contributed by atoms with Gasteiger partial charge in [-0.25, -0.2) is 4.98 Å². The monoisotopic (exact) mass is 435 g/mol. The summed E-state index contributed by atoms with van der Waals surface area (Å²) in [5.41, 5.74) is 1.92. The van der Waals surface area contributed by atoms with E-state index in [1.807, 2.05) is 47.4 Å². The van der Waals surface area contributed by atoms with Crippen LogP contribution in [0.15, 0.2) is 64.5 Å². The first kappa shape index (κ1) is 21.6. The number of carbonyl (C=O) groups is 1. The molecule has 31 heavy (non-hydrogen) atoms. The van der Waals surface area contributed by atoms with Crippen molar-refractivity contribution in [3.63, 3.8) is 0 Å². The van der Waals surface area contributed by atoms with Gasteiger partial charge in [0.2, 0.25) is 5.91 Å². The van der Waals surface area contributed by atoms with Gasteiger partial charge in [0, 0.05) is 19.6 Å². The second-order valence-corrected chi connectivity index (χ2v) is 9.28. The van der Waals surface area contributed by atoms with Crippen LogP contribution in [-0.2, 0) is 17.8 Å². The van der Waals surface area contributed by atoms with Gasteiger partial charge in [0.1, 0.15) is 0 Å². The molecule has 2 heterocycles. The first-order chi connectivity index (χ1) is 15.1. The Bertz CT molecular complexity index is 1100. The zero-order valence-electron chi connectivity index (χ0n) is 18.0. The van der Waals surface area contributed by atoms with Crippen LogP contribution in [0.25, 0.3) is 10.9 Å². The van der Waals surface area contributed by atoms with E-state index in [1.54, 1.807) is 4.57 Å². The van der Waals surface area contributed by atoms with E-state index in [9.17, 15) is 9.59 Å². The SMILES string of the molecule is CC1CCCN(C(=O)CSc2nc3ccccc3c(=O)n2CCCc2ccccc2)C1. The molecule has 1 aliphatic rings. The minimum atomic E-state index is -0.0276. The molecule has 1 amide bonds. The Balaban J connectivity index is 1.52. The molecule has 0 saturated carbocycles. The number of hydrogen-bond donors (Lipinski definition) is 0. The summed E-state index contributed by atoms with van der Waals surface area (Å²) in [5, 5.41) is 1.26. The summed E-state index contributed by atoms with van der Waals surface area (Å²) in [6, 6.07) is 17.7. The molecular weight excluding hydrogens is 406 g/mol. The van der Waals surface area contributed by atoms with E-state index in [4.69, 9.17) is 4.98 Å².